The molecular formula is C17H18BrN3OS2. The Balaban J connectivity index is 1.67. The molecule has 0 radical (unpaired) electrons. The molecule has 2 aliphatic rings. The molecule has 2 aliphatic heterocycles. The highest BCUT2D eigenvalue weighted by atomic mass is 79.9. The minimum atomic E-state index is 0.0608. The summed E-state index contributed by atoms with van der Waals surface area (Å²) in [5, 5.41) is 6.39. The zero-order chi connectivity index (χ0) is 16.5. The van der Waals surface area contributed by atoms with Crippen molar-refractivity contribution in [3.05, 3.63) is 50.9 Å². The van der Waals surface area contributed by atoms with Crippen molar-refractivity contribution >= 4 is 44.6 Å². The van der Waals surface area contributed by atoms with E-state index in [0.29, 0.717) is 0 Å². The van der Waals surface area contributed by atoms with E-state index in [1.807, 2.05) is 18.3 Å². The van der Waals surface area contributed by atoms with Crippen LogP contribution in [0.15, 0.2) is 40.3 Å². The van der Waals surface area contributed by atoms with E-state index in [0.717, 1.165) is 41.3 Å². The van der Waals surface area contributed by atoms with Crippen molar-refractivity contribution in [2.45, 2.75) is 31.0 Å². The normalized spacial score (nSPS) is 26.8. The van der Waals surface area contributed by atoms with Gasteiger partial charge in [-0.3, -0.25) is 4.98 Å². The average Bonchev–Trinajstić information content (AvgIpc) is 3.31. The Morgan fingerprint density at radius 2 is 2.38 bits per heavy atom. The molecule has 3 atom stereocenters. The molecule has 0 unspecified atom stereocenters. The number of nitrogens with one attached hydrogen (secondary N) is 1. The molecule has 0 aliphatic carbocycles. The molecule has 4 nitrogen and oxygen atoms in total. The molecule has 2 aromatic rings. The molecule has 4 heterocycles. The Hall–Kier alpha value is -1.02. The fourth-order valence-electron chi connectivity index (χ4n) is 3.40. The molecule has 0 bridgehead atoms. The van der Waals surface area contributed by atoms with Crippen LogP contribution in [0.25, 0.3) is 0 Å². The van der Waals surface area contributed by atoms with Crippen molar-refractivity contribution in [1.29, 1.82) is 0 Å². The highest BCUT2D eigenvalue weighted by molar-refractivity contribution is 9.10. The smallest absolute Gasteiger partial charge is 0.170 e. The van der Waals surface area contributed by atoms with Gasteiger partial charge in [-0.05, 0) is 59.2 Å². The van der Waals surface area contributed by atoms with Crippen LogP contribution in [0.5, 0.6) is 0 Å². The minimum absolute atomic E-state index is 0.0608. The number of hydrogen-bond donors (Lipinski definition) is 1. The molecular weight excluding hydrogens is 406 g/mol. The first kappa shape index (κ1) is 16.4. The number of aromatic nitrogens is 1. The summed E-state index contributed by atoms with van der Waals surface area (Å²) in [5.74, 6) is 0. The van der Waals surface area contributed by atoms with Gasteiger partial charge in [-0.15, -0.1) is 11.3 Å². The molecule has 0 saturated carbocycles. The Morgan fingerprint density at radius 1 is 1.46 bits per heavy atom. The maximum absolute atomic E-state index is 5.84. The van der Waals surface area contributed by atoms with Gasteiger partial charge in [-0.25, -0.2) is 0 Å². The summed E-state index contributed by atoms with van der Waals surface area (Å²) in [5.41, 5.74) is 1.02. The van der Waals surface area contributed by atoms with Crippen molar-refractivity contribution in [2.24, 2.45) is 0 Å². The third kappa shape index (κ3) is 3.22. The average molecular weight is 424 g/mol. The van der Waals surface area contributed by atoms with Gasteiger partial charge < -0.3 is 15.0 Å². The largest absolute Gasteiger partial charge is 0.376 e. The molecule has 4 rings (SSSR count). The van der Waals surface area contributed by atoms with E-state index in [2.05, 4.69) is 48.6 Å². The lowest BCUT2D eigenvalue weighted by atomic mass is 10.0. The first-order valence-corrected chi connectivity index (χ1v) is 10.1. The van der Waals surface area contributed by atoms with Crippen molar-refractivity contribution in [1.82, 2.24) is 15.2 Å². The highest BCUT2D eigenvalue weighted by Gasteiger charge is 2.41. The van der Waals surface area contributed by atoms with Crippen molar-refractivity contribution in [3.63, 3.8) is 0 Å². The van der Waals surface area contributed by atoms with Gasteiger partial charge in [-0.2, -0.15) is 0 Å². The SMILES string of the molecule is S=C1N[C@H](c2ccccn2)[C@@H](c2cc(Br)cs2)N1C[C@@H]1CCCO1. The van der Waals surface area contributed by atoms with Crippen molar-refractivity contribution in [3.8, 4) is 0 Å². The van der Waals surface area contributed by atoms with Gasteiger partial charge in [0, 0.05) is 34.1 Å². The van der Waals surface area contributed by atoms with Crippen LogP contribution in [0, 0.1) is 0 Å². The van der Waals surface area contributed by atoms with Gasteiger partial charge in [-0.1, -0.05) is 6.07 Å². The Morgan fingerprint density at radius 3 is 3.04 bits per heavy atom. The molecule has 2 saturated heterocycles. The summed E-state index contributed by atoms with van der Waals surface area (Å²) in [6.45, 7) is 1.69. The standard InChI is InChI=1S/C17H18BrN3OS2/c18-11-8-14(24-10-11)16-15(13-5-1-2-6-19-13)20-17(23)21(16)9-12-4-3-7-22-12/h1-2,5-6,8,10,12,15-16H,3-4,7,9H2,(H,20,23)/t12-,15+,16+/m0/s1. The maximum atomic E-state index is 5.84. The molecule has 0 aromatic carbocycles. The second-order valence-corrected chi connectivity index (χ2v) is 8.33. The second kappa shape index (κ2) is 7.07. The van der Waals surface area contributed by atoms with E-state index in [9.17, 15) is 0 Å². The van der Waals surface area contributed by atoms with Crippen molar-refractivity contribution < 1.29 is 4.74 Å². The Kier molecular flexibility index (Phi) is 4.85. The maximum Gasteiger partial charge on any atom is 0.170 e. The quantitative estimate of drug-likeness (QED) is 0.750. The fraction of sp³-hybridized carbons (Fsp3) is 0.412. The fourth-order valence-corrected chi connectivity index (χ4v) is 5.31. The zero-order valence-electron chi connectivity index (χ0n) is 13.0. The van der Waals surface area contributed by atoms with E-state index >= 15 is 0 Å². The number of rotatable bonds is 4. The van der Waals surface area contributed by atoms with Gasteiger partial charge in [0.1, 0.15) is 0 Å². The summed E-state index contributed by atoms with van der Waals surface area (Å²) < 4.78 is 6.95. The van der Waals surface area contributed by atoms with Crippen LogP contribution >= 0.6 is 39.5 Å². The number of halogens is 1. The minimum Gasteiger partial charge on any atom is -0.376 e. The van der Waals surface area contributed by atoms with E-state index < -0.39 is 0 Å². The molecule has 2 aromatic heterocycles. The van der Waals surface area contributed by atoms with E-state index in [1.165, 1.54) is 4.88 Å². The number of pyridine rings is 1. The van der Waals surface area contributed by atoms with Gasteiger partial charge in [0.2, 0.25) is 0 Å². The predicted molar refractivity (Wildman–Crippen MR) is 103 cm³/mol. The molecule has 24 heavy (non-hydrogen) atoms. The first-order valence-electron chi connectivity index (χ1n) is 8.06. The Labute approximate surface area is 159 Å². The predicted octanol–water partition coefficient (Wildman–Crippen LogP) is 4.06. The van der Waals surface area contributed by atoms with Gasteiger partial charge in [0.15, 0.2) is 5.11 Å². The summed E-state index contributed by atoms with van der Waals surface area (Å²) in [7, 11) is 0. The molecule has 7 heteroatoms. The summed E-state index contributed by atoms with van der Waals surface area (Å²) in [6, 6.07) is 8.42. The number of hydrogen-bond acceptors (Lipinski definition) is 4. The molecule has 0 spiro atoms. The molecule has 2 fully saturated rings. The van der Waals surface area contributed by atoms with Gasteiger partial charge in [0.25, 0.3) is 0 Å². The van der Waals surface area contributed by atoms with E-state index in [-0.39, 0.29) is 18.2 Å². The summed E-state index contributed by atoms with van der Waals surface area (Å²) >= 11 is 11.0. The third-order valence-electron chi connectivity index (χ3n) is 4.50. The van der Waals surface area contributed by atoms with Crippen LogP contribution < -0.4 is 5.32 Å². The lowest BCUT2D eigenvalue weighted by Crippen LogP contribution is -2.36. The molecule has 1 N–H and O–H groups in total. The summed E-state index contributed by atoms with van der Waals surface area (Å²) in [6.07, 6.45) is 4.34. The molecule has 126 valence electrons. The highest BCUT2D eigenvalue weighted by Crippen LogP contribution is 2.42. The second-order valence-electron chi connectivity index (χ2n) is 6.08. The topological polar surface area (TPSA) is 37.4 Å². The molecule has 0 amide bonds. The van der Waals surface area contributed by atoms with Crippen LogP contribution in [0.3, 0.4) is 0 Å². The van der Waals surface area contributed by atoms with Crippen molar-refractivity contribution in [2.75, 3.05) is 13.2 Å². The number of thiocarbonyl (C=S) groups is 1. The Bertz CT molecular complexity index is 718. The lowest BCUT2D eigenvalue weighted by molar-refractivity contribution is 0.0846. The van der Waals surface area contributed by atoms with Crippen LogP contribution in [0.2, 0.25) is 0 Å². The third-order valence-corrected chi connectivity index (χ3v) is 6.62. The summed E-state index contributed by atoms with van der Waals surface area (Å²) in [4.78, 5) is 8.12. The van der Waals surface area contributed by atoms with Crippen LogP contribution in [-0.2, 0) is 4.74 Å². The number of nitrogens with zero attached hydrogens (tertiary/aromatic N) is 2. The first-order chi connectivity index (χ1) is 11.7. The van der Waals surface area contributed by atoms with E-state index in [4.69, 9.17) is 17.0 Å². The van der Waals surface area contributed by atoms with Crippen LogP contribution in [-0.4, -0.2) is 34.3 Å². The number of ether oxygens (including phenoxy) is 1. The van der Waals surface area contributed by atoms with Crippen LogP contribution in [0.1, 0.15) is 35.5 Å². The lowest BCUT2D eigenvalue weighted by Gasteiger charge is -2.28. The zero-order valence-corrected chi connectivity index (χ0v) is 16.2. The van der Waals surface area contributed by atoms with Gasteiger partial charge in [0.05, 0.1) is 23.9 Å². The van der Waals surface area contributed by atoms with Crippen LogP contribution in [0.4, 0.5) is 0 Å². The van der Waals surface area contributed by atoms with Gasteiger partial charge >= 0.3 is 0 Å². The monoisotopic (exact) mass is 423 g/mol. The van der Waals surface area contributed by atoms with E-state index in [1.54, 1.807) is 11.3 Å². The number of thiophene rings is 1.